The van der Waals surface area contributed by atoms with E-state index in [2.05, 4.69) is 26.2 Å². The molecule has 0 aliphatic carbocycles. The lowest BCUT2D eigenvalue weighted by molar-refractivity contribution is 0.259. The van der Waals surface area contributed by atoms with Gasteiger partial charge in [0.05, 0.1) is 5.69 Å². The number of hydrogen-bond donors (Lipinski definition) is 1. The monoisotopic (exact) mass is 391 g/mol. The Balaban J connectivity index is 1.88. The van der Waals surface area contributed by atoms with Gasteiger partial charge in [0.15, 0.2) is 0 Å². The molecule has 2 amide bonds. The van der Waals surface area contributed by atoms with Crippen LogP contribution in [-0.4, -0.2) is 18.4 Å². The molecule has 0 unspecified atom stereocenters. The van der Waals surface area contributed by atoms with E-state index in [9.17, 15) is 4.79 Å². The van der Waals surface area contributed by atoms with Crippen LogP contribution in [0.3, 0.4) is 0 Å². The van der Waals surface area contributed by atoms with E-state index >= 15 is 0 Å². The number of anilines is 2. The highest BCUT2D eigenvalue weighted by Gasteiger charge is 2.23. The summed E-state index contributed by atoms with van der Waals surface area (Å²) in [5.74, 6) is 0.784. The van der Waals surface area contributed by atoms with Gasteiger partial charge in [0.2, 0.25) is 0 Å². The van der Waals surface area contributed by atoms with E-state index in [-0.39, 0.29) is 6.03 Å². The molecule has 4 nitrogen and oxygen atoms in total. The van der Waals surface area contributed by atoms with Crippen LogP contribution < -0.4 is 10.2 Å². The fourth-order valence-electron chi connectivity index (χ4n) is 2.43. The van der Waals surface area contributed by atoms with Crippen LogP contribution in [-0.2, 0) is 0 Å². The molecule has 6 heteroatoms. The second kappa shape index (κ2) is 7.15. The zero-order valence-corrected chi connectivity index (χ0v) is 14.6. The normalized spacial score (nSPS) is 13.6. The van der Waals surface area contributed by atoms with Crippen molar-refractivity contribution < 1.29 is 4.79 Å². The third kappa shape index (κ3) is 3.92. The lowest BCUT2D eigenvalue weighted by atomic mass is 10.2. The van der Waals surface area contributed by atoms with Crippen LogP contribution in [0.2, 0.25) is 5.02 Å². The van der Waals surface area contributed by atoms with Gasteiger partial charge in [-0.1, -0.05) is 33.6 Å². The zero-order valence-electron chi connectivity index (χ0n) is 12.3. The SMILES string of the molecule is O=C(Nc1cccc(Cl)c1)N(C1=NCCC1)c1ccc(Br)cc1. The molecule has 0 bridgehead atoms. The third-order valence-corrected chi connectivity index (χ3v) is 4.24. The number of benzene rings is 2. The molecule has 0 spiro atoms. The van der Waals surface area contributed by atoms with Crippen molar-refractivity contribution in [1.29, 1.82) is 0 Å². The molecule has 3 rings (SSSR count). The van der Waals surface area contributed by atoms with Gasteiger partial charge in [0, 0.05) is 28.1 Å². The number of carbonyl (C=O) groups excluding carboxylic acids is 1. The Labute approximate surface area is 148 Å². The molecule has 2 aromatic carbocycles. The smallest absolute Gasteiger partial charge is 0.307 e. The van der Waals surface area contributed by atoms with Crippen molar-refractivity contribution in [3.63, 3.8) is 0 Å². The first-order chi connectivity index (χ1) is 11.1. The third-order valence-electron chi connectivity index (χ3n) is 3.47. The minimum atomic E-state index is -0.241. The summed E-state index contributed by atoms with van der Waals surface area (Å²) in [7, 11) is 0. The van der Waals surface area contributed by atoms with Gasteiger partial charge in [0.1, 0.15) is 5.84 Å². The van der Waals surface area contributed by atoms with Crippen molar-refractivity contribution in [3.8, 4) is 0 Å². The van der Waals surface area contributed by atoms with E-state index in [1.54, 1.807) is 29.2 Å². The summed E-state index contributed by atoms with van der Waals surface area (Å²) in [4.78, 5) is 18.9. The summed E-state index contributed by atoms with van der Waals surface area (Å²) in [5, 5.41) is 3.46. The Bertz CT molecular complexity index is 746. The summed E-state index contributed by atoms with van der Waals surface area (Å²) >= 11 is 9.39. The predicted octanol–water partition coefficient (Wildman–Crippen LogP) is 5.33. The Morgan fingerprint density at radius 2 is 2.00 bits per heavy atom. The van der Waals surface area contributed by atoms with E-state index in [1.165, 1.54) is 0 Å². The summed E-state index contributed by atoms with van der Waals surface area (Å²) in [6.07, 6.45) is 1.76. The van der Waals surface area contributed by atoms with Crippen molar-refractivity contribution in [2.24, 2.45) is 4.99 Å². The predicted molar refractivity (Wildman–Crippen MR) is 98.6 cm³/mol. The summed E-state index contributed by atoms with van der Waals surface area (Å²) in [6, 6.07) is 14.4. The zero-order chi connectivity index (χ0) is 16.2. The van der Waals surface area contributed by atoms with E-state index in [1.807, 2.05) is 24.3 Å². The van der Waals surface area contributed by atoms with Gasteiger partial charge in [-0.25, -0.2) is 4.79 Å². The molecule has 1 N–H and O–H groups in total. The van der Waals surface area contributed by atoms with Crippen molar-refractivity contribution >= 4 is 50.8 Å². The highest BCUT2D eigenvalue weighted by Crippen LogP contribution is 2.23. The van der Waals surface area contributed by atoms with Gasteiger partial charge in [-0.15, -0.1) is 0 Å². The molecule has 0 fully saturated rings. The molecule has 23 heavy (non-hydrogen) atoms. The molecule has 1 aliphatic rings. The molecule has 0 atom stereocenters. The molecule has 1 heterocycles. The molecule has 0 saturated heterocycles. The lowest BCUT2D eigenvalue weighted by Gasteiger charge is -2.23. The Kier molecular flexibility index (Phi) is 4.98. The van der Waals surface area contributed by atoms with Gasteiger partial charge in [-0.3, -0.25) is 9.89 Å². The van der Waals surface area contributed by atoms with Crippen LogP contribution >= 0.6 is 27.5 Å². The Hall–Kier alpha value is -1.85. The lowest BCUT2D eigenvalue weighted by Crippen LogP contribution is -2.39. The van der Waals surface area contributed by atoms with Crippen molar-refractivity contribution in [3.05, 3.63) is 58.0 Å². The maximum Gasteiger partial charge on any atom is 0.331 e. The van der Waals surface area contributed by atoms with Crippen molar-refractivity contribution in [2.45, 2.75) is 12.8 Å². The number of amides is 2. The van der Waals surface area contributed by atoms with Gasteiger partial charge in [-0.2, -0.15) is 0 Å². The maximum absolute atomic E-state index is 12.8. The molecule has 0 aromatic heterocycles. The Morgan fingerprint density at radius 3 is 2.65 bits per heavy atom. The summed E-state index contributed by atoms with van der Waals surface area (Å²) < 4.78 is 0.963. The average Bonchev–Trinajstić information content (AvgIpc) is 3.03. The number of nitrogens with one attached hydrogen (secondary N) is 1. The molecule has 0 saturated carbocycles. The first-order valence-electron chi connectivity index (χ1n) is 7.29. The van der Waals surface area contributed by atoms with Gasteiger partial charge in [-0.05, 0) is 48.9 Å². The topological polar surface area (TPSA) is 44.7 Å². The van der Waals surface area contributed by atoms with Crippen molar-refractivity contribution in [2.75, 3.05) is 16.8 Å². The summed E-state index contributed by atoms with van der Waals surface area (Å²) in [6.45, 7) is 0.757. The fraction of sp³-hybridized carbons (Fsp3) is 0.176. The Morgan fingerprint density at radius 1 is 1.22 bits per heavy atom. The van der Waals surface area contributed by atoms with Crippen molar-refractivity contribution in [1.82, 2.24) is 0 Å². The van der Waals surface area contributed by atoms with Crippen LogP contribution in [0, 0.1) is 0 Å². The standard InChI is InChI=1S/C17H15BrClN3O/c18-12-6-8-15(9-7-12)22(16-5-2-10-20-16)17(23)21-14-4-1-3-13(19)11-14/h1,3-4,6-9,11H,2,5,10H2,(H,21,23). The minimum absolute atomic E-state index is 0.241. The maximum atomic E-state index is 12.8. The van der Waals surface area contributed by atoms with E-state index in [4.69, 9.17) is 11.6 Å². The molecular formula is C17H15BrClN3O. The fourth-order valence-corrected chi connectivity index (χ4v) is 2.88. The van der Waals surface area contributed by atoms with Crippen LogP contribution in [0.4, 0.5) is 16.2 Å². The number of carbonyl (C=O) groups is 1. The second-order valence-electron chi connectivity index (χ2n) is 5.15. The molecule has 118 valence electrons. The first-order valence-corrected chi connectivity index (χ1v) is 8.46. The molecule has 2 aromatic rings. The largest absolute Gasteiger partial charge is 0.331 e. The van der Waals surface area contributed by atoms with Crippen LogP contribution in [0.1, 0.15) is 12.8 Å². The first kappa shape index (κ1) is 16.0. The second-order valence-corrected chi connectivity index (χ2v) is 6.51. The van der Waals surface area contributed by atoms with Crippen LogP contribution in [0.25, 0.3) is 0 Å². The number of urea groups is 1. The molecular weight excluding hydrogens is 378 g/mol. The van der Waals surface area contributed by atoms with E-state index in [0.717, 1.165) is 35.4 Å². The summed E-state index contributed by atoms with van der Waals surface area (Å²) in [5.41, 5.74) is 1.44. The number of halogens is 2. The molecule has 1 aliphatic heterocycles. The number of nitrogens with zero attached hydrogens (tertiary/aromatic N) is 2. The number of rotatable bonds is 2. The number of hydrogen-bond acceptors (Lipinski definition) is 2. The number of aliphatic imine (C=N–C) groups is 1. The quantitative estimate of drug-likeness (QED) is 0.737. The van der Waals surface area contributed by atoms with E-state index in [0.29, 0.717) is 10.7 Å². The van der Waals surface area contributed by atoms with Gasteiger partial charge in [0.25, 0.3) is 0 Å². The highest BCUT2D eigenvalue weighted by atomic mass is 79.9. The number of amidine groups is 1. The van der Waals surface area contributed by atoms with Gasteiger partial charge >= 0.3 is 6.03 Å². The highest BCUT2D eigenvalue weighted by molar-refractivity contribution is 9.10. The average molecular weight is 393 g/mol. The van der Waals surface area contributed by atoms with Crippen LogP contribution in [0.15, 0.2) is 58.0 Å². The van der Waals surface area contributed by atoms with Crippen LogP contribution in [0.5, 0.6) is 0 Å². The minimum Gasteiger partial charge on any atom is -0.307 e. The van der Waals surface area contributed by atoms with E-state index < -0.39 is 0 Å². The van der Waals surface area contributed by atoms with Gasteiger partial charge < -0.3 is 5.32 Å². The molecule has 0 radical (unpaired) electrons.